The van der Waals surface area contributed by atoms with Crippen molar-refractivity contribution in [1.29, 1.82) is 0 Å². The van der Waals surface area contributed by atoms with Crippen LogP contribution in [0.5, 0.6) is 0 Å². The van der Waals surface area contributed by atoms with Gasteiger partial charge in [-0.25, -0.2) is 4.39 Å². The zero-order chi connectivity index (χ0) is 14.1. The Bertz CT molecular complexity index is 509. The van der Waals surface area contributed by atoms with Gasteiger partial charge in [0.15, 0.2) is 0 Å². The lowest BCUT2D eigenvalue weighted by Gasteiger charge is -2.44. The fourth-order valence-electron chi connectivity index (χ4n) is 3.42. The van der Waals surface area contributed by atoms with Crippen molar-refractivity contribution in [2.24, 2.45) is 5.92 Å². The first-order valence-electron chi connectivity index (χ1n) is 7.42. The molecule has 1 aromatic carbocycles. The summed E-state index contributed by atoms with van der Waals surface area (Å²) in [5.41, 5.74) is 1.14. The zero-order valence-corrected chi connectivity index (χ0v) is 11.9. The summed E-state index contributed by atoms with van der Waals surface area (Å²) in [7, 11) is 0. The van der Waals surface area contributed by atoms with Crippen molar-refractivity contribution in [2.75, 3.05) is 18.4 Å². The Balaban J connectivity index is 1.58. The number of carbonyl (C=O) groups excluding carboxylic acids is 1. The molecule has 1 N–H and O–H groups in total. The third-order valence-electron chi connectivity index (χ3n) is 4.63. The van der Waals surface area contributed by atoms with Crippen LogP contribution in [0.2, 0.25) is 0 Å². The van der Waals surface area contributed by atoms with Crippen molar-refractivity contribution in [3.8, 4) is 0 Å². The average Bonchev–Trinajstić information content (AvgIpc) is 2.44. The van der Waals surface area contributed by atoms with Crippen molar-refractivity contribution >= 4 is 11.6 Å². The minimum atomic E-state index is -0.278. The molecule has 0 unspecified atom stereocenters. The van der Waals surface area contributed by atoms with E-state index >= 15 is 0 Å². The molecule has 2 saturated heterocycles. The zero-order valence-electron chi connectivity index (χ0n) is 11.9. The van der Waals surface area contributed by atoms with Gasteiger partial charge in [0.2, 0.25) is 5.91 Å². The Hall–Kier alpha value is -1.42. The van der Waals surface area contributed by atoms with Gasteiger partial charge < -0.3 is 5.32 Å². The third-order valence-corrected chi connectivity index (χ3v) is 4.63. The van der Waals surface area contributed by atoms with E-state index in [2.05, 4.69) is 10.2 Å². The summed E-state index contributed by atoms with van der Waals surface area (Å²) in [6.07, 6.45) is 5.06. The lowest BCUT2D eigenvalue weighted by Crippen LogP contribution is -2.50. The smallest absolute Gasteiger partial charge is 0.238 e. The van der Waals surface area contributed by atoms with Gasteiger partial charge >= 0.3 is 0 Å². The predicted molar refractivity (Wildman–Crippen MR) is 77.1 cm³/mol. The number of rotatable bonds is 3. The van der Waals surface area contributed by atoms with E-state index in [0.29, 0.717) is 23.8 Å². The summed E-state index contributed by atoms with van der Waals surface area (Å²) in [4.78, 5) is 14.4. The molecular formula is C16H21FN2O. The minimum Gasteiger partial charge on any atom is -0.325 e. The number of fused-ring (bicyclic) bond motifs is 3. The first kappa shape index (κ1) is 13.6. The van der Waals surface area contributed by atoms with Crippen LogP contribution >= 0.6 is 0 Å². The molecule has 4 rings (SSSR count). The third kappa shape index (κ3) is 2.85. The summed E-state index contributed by atoms with van der Waals surface area (Å²) in [6, 6.07) is 5.39. The maximum Gasteiger partial charge on any atom is 0.238 e. The number of piperidine rings is 2. The molecule has 0 aromatic heterocycles. The van der Waals surface area contributed by atoms with Gasteiger partial charge in [0, 0.05) is 18.3 Å². The second-order valence-electron chi connectivity index (χ2n) is 6.12. The first-order valence-corrected chi connectivity index (χ1v) is 7.42. The van der Waals surface area contributed by atoms with E-state index in [1.54, 1.807) is 19.1 Å². The monoisotopic (exact) mass is 276 g/mol. The van der Waals surface area contributed by atoms with Gasteiger partial charge in [0.05, 0.1) is 6.54 Å². The van der Waals surface area contributed by atoms with Gasteiger partial charge in [-0.05, 0) is 56.2 Å². The highest BCUT2D eigenvalue weighted by molar-refractivity contribution is 5.92. The van der Waals surface area contributed by atoms with Gasteiger partial charge in [-0.2, -0.15) is 0 Å². The van der Waals surface area contributed by atoms with E-state index in [9.17, 15) is 9.18 Å². The van der Waals surface area contributed by atoms with E-state index in [0.717, 1.165) is 12.5 Å². The van der Waals surface area contributed by atoms with Gasteiger partial charge in [-0.3, -0.25) is 9.69 Å². The topological polar surface area (TPSA) is 32.3 Å². The molecule has 0 spiro atoms. The van der Waals surface area contributed by atoms with E-state index in [1.165, 1.54) is 31.7 Å². The maximum atomic E-state index is 13.4. The molecule has 4 heteroatoms. The minimum absolute atomic E-state index is 0.0409. The molecule has 2 aliphatic heterocycles. The van der Waals surface area contributed by atoms with Crippen LogP contribution < -0.4 is 5.32 Å². The van der Waals surface area contributed by atoms with Crippen LogP contribution in [0.4, 0.5) is 10.1 Å². The van der Waals surface area contributed by atoms with Gasteiger partial charge in [0.1, 0.15) is 5.82 Å². The average molecular weight is 276 g/mol. The number of carbonyl (C=O) groups is 1. The number of hydrogen-bond donors (Lipinski definition) is 1. The van der Waals surface area contributed by atoms with E-state index < -0.39 is 0 Å². The Morgan fingerprint density at radius 2 is 2.10 bits per heavy atom. The van der Waals surface area contributed by atoms with Crippen molar-refractivity contribution < 1.29 is 9.18 Å². The maximum absolute atomic E-state index is 13.4. The van der Waals surface area contributed by atoms with Crippen LogP contribution in [0.15, 0.2) is 18.2 Å². The van der Waals surface area contributed by atoms with Crippen molar-refractivity contribution in [3.05, 3.63) is 29.6 Å². The highest BCUT2D eigenvalue weighted by atomic mass is 19.1. The second-order valence-corrected chi connectivity index (χ2v) is 6.12. The molecule has 1 aliphatic carbocycles. The summed E-state index contributed by atoms with van der Waals surface area (Å²) in [6.45, 7) is 3.18. The van der Waals surface area contributed by atoms with E-state index in [1.807, 2.05) is 0 Å². The Kier molecular flexibility index (Phi) is 3.74. The summed E-state index contributed by atoms with van der Waals surface area (Å²) in [5.74, 6) is 0.449. The highest BCUT2D eigenvalue weighted by Gasteiger charge is 2.34. The van der Waals surface area contributed by atoms with Crippen molar-refractivity contribution in [1.82, 2.24) is 4.90 Å². The van der Waals surface area contributed by atoms with Crippen LogP contribution in [0, 0.1) is 18.7 Å². The standard InChI is InChI=1S/C16H21FN2O/c1-11-2-5-13(8-15(11)17)18-16(20)10-19-9-12-3-6-14(19)7-4-12/h2,5,8,12,14H,3-4,6-7,9-10H2,1H3,(H,18,20). The van der Waals surface area contributed by atoms with E-state index in [-0.39, 0.29) is 11.7 Å². The molecule has 108 valence electrons. The number of amides is 1. The highest BCUT2D eigenvalue weighted by Crippen LogP contribution is 2.34. The van der Waals surface area contributed by atoms with Crippen LogP contribution in [0.3, 0.4) is 0 Å². The van der Waals surface area contributed by atoms with Crippen molar-refractivity contribution in [2.45, 2.75) is 38.6 Å². The number of hydrogen-bond acceptors (Lipinski definition) is 2. The molecule has 3 fully saturated rings. The molecule has 1 amide bonds. The number of benzene rings is 1. The van der Waals surface area contributed by atoms with Gasteiger partial charge in [0.25, 0.3) is 0 Å². The fourth-order valence-corrected chi connectivity index (χ4v) is 3.42. The summed E-state index contributed by atoms with van der Waals surface area (Å²) >= 11 is 0. The molecule has 0 radical (unpaired) electrons. The Morgan fingerprint density at radius 3 is 2.70 bits per heavy atom. The van der Waals surface area contributed by atoms with Crippen LogP contribution in [-0.2, 0) is 4.79 Å². The Morgan fingerprint density at radius 1 is 1.35 bits per heavy atom. The molecule has 2 heterocycles. The molecule has 20 heavy (non-hydrogen) atoms. The molecule has 3 aliphatic rings. The molecule has 0 atom stereocenters. The lowest BCUT2D eigenvalue weighted by molar-refractivity contribution is -0.119. The van der Waals surface area contributed by atoms with Gasteiger partial charge in [-0.1, -0.05) is 6.07 Å². The van der Waals surface area contributed by atoms with E-state index in [4.69, 9.17) is 0 Å². The largest absolute Gasteiger partial charge is 0.325 e. The SMILES string of the molecule is Cc1ccc(NC(=O)CN2CC3CCC2CC3)cc1F. The molecule has 2 bridgehead atoms. The normalized spacial score (nSPS) is 25.7. The van der Waals surface area contributed by atoms with Crippen LogP contribution in [0.25, 0.3) is 0 Å². The fraction of sp³-hybridized carbons (Fsp3) is 0.562. The van der Waals surface area contributed by atoms with Crippen LogP contribution in [0.1, 0.15) is 31.2 Å². The first-order chi connectivity index (χ1) is 9.61. The number of anilines is 1. The number of nitrogens with one attached hydrogen (secondary N) is 1. The molecular weight excluding hydrogens is 255 g/mol. The second kappa shape index (κ2) is 5.52. The van der Waals surface area contributed by atoms with Gasteiger partial charge in [-0.15, -0.1) is 0 Å². The quantitative estimate of drug-likeness (QED) is 0.920. The molecule has 3 nitrogen and oxygen atoms in total. The number of aryl methyl sites for hydroxylation is 1. The number of nitrogens with zero attached hydrogens (tertiary/aromatic N) is 1. The summed E-state index contributed by atoms with van der Waals surface area (Å²) in [5, 5.41) is 2.80. The summed E-state index contributed by atoms with van der Waals surface area (Å²) < 4.78 is 13.4. The van der Waals surface area contributed by atoms with Crippen LogP contribution in [-0.4, -0.2) is 29.9 Å². The predicted octanol–water partition coefficient (Wildman–Crippen LogP) is 2.95. The molecule has 1 saturated carbocycles. The van der Waals surface area contributed by atoms with Crippen molar-refractivity contribution in [3.63, 3.8) is 0 Å². The molecule has 1 aromatic rings. The Labute approximate surface area is 119 Å². The lowest BCUT2D eigenvalue weighted by atomic mass is 9.80. The number of halogens is 1.